The first-order valence-electron chi connectivity index (χ1n) is 8.49. The molecule has 118 valence electrons. The van der Waals surface area contributed by atoms with Gasteiger partial charge in [-0.3, -0.25) is 14.5 Å². The van der Waals surface area contributed by atoms with E-state index in [0.29, 0.717) is 23.7 Å². The van der Waals surface area contributed by atoms with E-state index in [1.165, 1.54) is 11.3 Å². The second-order valence-electron chi connectivity index (χ2n) is 7.46. The van der Waals surface area contributed by atoms with Crippen molar-refractivity contribution < 1.29 is 9.59 Å². The highest BCUT2D eigenvalue weighted by atomic mass is 16.2. The van der Waals surface area contributed by atoms with Crippen LogP contribution in [0.2, 0.25) is 0 Å². The molecule has 1 heterocycles. The number of amides is 2. The van der Waals surface area contributed by atoms with E-state index in [0.717, 1.165) is 11.3 Å². The van der Waals surface area contributed by atoms with Crippen LogP contribution in [0.25, 0.3) is 0 Å². The summed E-state index contributed by atoms with van der Waals surface area (Å²) in [5.41, 5.74) is 2.11. The number of nitrogens with one attached hydrogen (secondary N) is 1. The molecule has 1 aliphatic heterocycles. The van der Waals surface area contributed by atoms with Crippen molar-refractivity contribution in [2.45, 2.75) is 13.3 Å². The van der Waals surface area contributed by atoms with E-state index in [-0.39, 0.29) is 30.3 Å². The topological polar surface area (TPSA) is 49.4 Å². The molecule has 4 nitrogen and oxygen atoms in total. The van der Waals surface area contributed by atoms with Crippen LogP contribution < -0.4 is 5.32 Å². The molecule has 2 amide bonds. The molecule has 6 atom stereocenters. The third-order valence-corrected chi connectivity index (χ3v) is 6.21. The van der Waals surface area contributed by atoms with Crippen molar-refractivity contribution in [2.75, 3.05) is 12.0 Å². The van der Waals surface area contributed by atoms with Gasteiger partial charge in [-0.15, -0.1) is 0 Å². The number of imide groups is 1. The molecule has 0 spiro atoms. The van der Waals surface area contributed by atoms with Crippen LogP contribution in [0.1, 0.15) is 12.0 Å². The van der Waals surface area contributed by atoms with Crippen molar-refractivity contribution in [3.05, 3.63) is 42.0 Å². The van der Waals surface area contributed by atoms with Crippen molar-refractivity contribution in [3.8, 4) is 0 Å². The number of hydrogen-bond acceptors (Lipinski definition) is 3. The van der Waals surface area contributed by atoms with Crippen LogP contribution in [-0.2, 0) is 9.59 Å². The Balaban J connectivity index is 1.37. The summed E-state index contributed by atoms with van der Waals surface area (Å²) in [6, 6.07) is 7.99. The van der Waals surface area contributed by atoms with Gasteiger partial charge in [0.15, 0.2) is 0 Å². The lowest BCUT2D eigenvalue weighted by atomic mass is 9.63. The van der Waals surface area contributed by atoms with Gasteiger partial charge in [0.1, 0.15) is 0 Å². The molecule has 2 bridgehead atoms. The maximum Gasteiger partial charge on any atom is 0.235 e. The Bertz CT molecular complexity index is 705. The van der Waals surface area contributed by atoms with E-state index in [9.17, 15) is 9.59 Å². The minimum atomic E-state index is -0.0967. The van der Waals surface area contributed by atoms with Crippen LogP contribution in [0.5, 0.6) is 0 Å². The summed E-state index contributed by atoms with van der Waals surface area (Å²) < 4.78 is 0. The number of rotatable bonds is 3. The lowest BCUT2D eigenvalue weighted by Crippen LogP contribution is -2.40. The van der Waals surface area contributed by atoms with Crippen LogP contribution in [0.3, 0.4) is 0 Å². The predicted octanol–water partition coefficient (Wildman–Crippen LogP) is 2.42. The van der Waals surface area contributed by atoms with Gasteiger partial charge < -0.3 is 5.32 Å². The number of carbonyl (C=O) groups is 2. The summed E-state index contributed by atoms with van der Waals surface area (Å²) in [5, 5.41) is 3.23. The first kappa shape index (κ1) is 13.3. The van der Waals surface area contributed by atoms with Gasteiger partial charge in [-0.2, -0.15) is 0 Å². The zero-order valence-corrected chi connectivity index (χ0v) is 13.1. The molecular formula is C19H20N2O2. The van der Waals surface area contributed by atoms with Crippen LogP contribution in [-0.4, -0.2) is 23.4 Å². The highest BCUT2D eigenvalue weighted by Gasteiger charge is 2.66. The first-order valence-corrected chi connectivity index (χ1v) is 8.49. The lowest BCUT2D eigenvalue weighted by Gasteiger charge is -2.37. The largest absolute Gasteiger partial charge is 0.367 e. The molecule has 6 rings (SSSR count). The fraction of sp³-hybridized carbons (Fsp3) is 0.474. The number of benzene rings is 1. The molecular weight excluding hydrogens is 288 g/mol. The second-order valence-corrected chi connectivity index (χ2v) is 7.46. The molecule has 1 saturated heterocycles. The minimum absolute atomic E-state index is 0.0323. The SMILES string of the molecule is Cc1cccc(NCN2C(=O)[C@@H]3[C@H]4C=C[C@H]([C@H]5C[C@H]45)[C@@H]3C2=O)c1. The monoisotopic (exact) mass is 308 g/mol. The van der Waals surface area contributed by atoms with E-state index in [4.69, 9.17) is 0 Å². The van der Waals surface area contributed by atoms with Gasteiger partial charge in [0.05, 0.1) is 18.5 Å². The molecule has 5 aliphatic rings. The van der Waals surface area contributed by atoms with Crippen molar-refractivity contribution in [1.82, 2.24) is 4.90 Å². The molecule has 4 heteroatoms. The Morgan fingerprint density at radius 2 is 1.74 bits per heavy atom. The van der Waals surface area contributed by atoms with E-state index in [1.54, 1.807) is 0 Å². The van der Waals surface area contributed by atoms with Crippen molar-refractivity contribution in [3.63, 3.8) is 0 Å². The summed E-state index contributed by atoms with van der Waals surface area (Å²) >= 11 is 0. The molecule has 1 N–H and O–H groups in total. The summed E-state index contributed by atoms with van der Waals surface area (Å²) in [5.74, 6) is 1.79. The normalized spacial score (nSPS) is 39.4. The average molecular weight is 308 g/mol. The molecule has 23 heavy (non-hydrogen) atoms. The number of allylic oxidation sites excluding steroid dienone is 2. The minimum Gasteiger partial charge on any atom is -0.367 e. The molecule has 4 aliphatic carbocycles. The summed E-state index contributed by atoms with van der Waals surface area (Å²) in [7, 11) is 0. The second kappa shape index (κ2) is 4.47. The Labute approximate surface area is 135 Å². The van der Waals surface area contributed by atoms with E-state index in [1.807, 2.05) is 31.2 Å². The van der Waals surface area contributed by atoms with Crippen LogP contribution in [0.15, 0.2) is 36.4 Å². The number of carbonyl (C=O) groups excluding carboxylic acids is 2. The van der Waals surface area contributed by atoms with Gasteiger partial charge in [-0.05, 0) is 54.7 Å². The van der Waals surface area contributed by atoms with E-state index in [2.05, 4.69) is 17.5 Å². The smallest absolute Gasteiger partial charge is 0.235 e. The van der Waals surface area contributed by atoms with Crippen LogP contribution >= 0.6 is 0 Å². The zero-order chi connectivity index (χ0) is 15.7. The van der Waals surface area contributed by atoms with Gasteiger partial charge in [0, 0.05) is 5.69 Å². The predicted molar refractivity (Wildman–Crippen MR) is 86.2 cm³/mol. The average Bonchev–Trinajstić information content (AvgIpc) is 3.32. The lowest BCUT2D eigenvalue weighted by molar-refractivity contribution is -0.139. The number of likely N-dealkylation sites (tertiary alicyclic amines) is 1. The van der Waals surface area contributed by atoms with Crippen molar-refractivity contribution in [2.24, 2.45) is 35.5 Å². The highest BCUT2D eigenvalue weighted by molar-refractivity contribution is 6.06. The Hall–Kier alpha value is -2.10. The Kier molecular flexibility index (Phi) is 2.59. The number of nitrogens with zero attached hydrogens (tertiary/aromatic N) is 1. The number of aryl methyl sites for hydroxylation is 1. The summed E-state index contributed by atoms with van der Waals surface area (Å²) in [4.78, 5) is 27.1. The first-order chi connectivity index (χ1) is 11.1. The van der Waals surface area contributed by atoms with Gasteiger partial charge >= 0.3 is 0 Å². The molecule has 0 aromatic heterocycles. The fourth-order valence-electron chi connectivity index (χ4n) is 5.10. The standard InChI is InChI=1S/C19H20N2O2/c1-10-3-2-4-11(7-10)20-9-21-18(22)16-12-5-6-13(15-8-14(12)15)17(16)19(21)23/h2-7,12-17,20H,8-9H2,1H3/t12-,13+,14-,15-,16+,17-/m1/s1. The number of hydrogen-bond donors (Lipinski definition) is 1. The molecule has 0 unspecified atom stereocenters. The molecule has 1 aromatic rings. The Morgan fingerprint density at radius 3 is 2.35 bits per heavy atom. The third-order valence-electron chi connectivity index (χ3n) is 6.21. The van der Waals surface area contributed by atoms with E-state index < -0.39 is 0 Å². The molecule has 0 radical (unpaired) electrons. The van der Waals surface area contributed by atoms with Crippen LogP contribution in [0.4, 0.5) is 5.69 Å². The summed E-state index contributed by atoms with van der Waals surface area (Å²) in [6.45, 7) is 2.31. The maximum atomic E-state index is 12.8. The molecule has 2 saturated carbocycles. The fourth-order valence-corrected chi connectivity index (χ4v) is 5.10. The van der Waals surface area contributed by atoms with Crippen LogP contribution in [0, 0.1) is 42.4 Å². The van der Waals surface area contributed by atoms with Gasteiger partial charge in [0.2, 0.25) is 11.8 Å². The Morgan fingerprint density at radius 1 is 1.09 bits per heavy atom. The van der Waals surface area contributed by atoms with E-state index >= 15 is 0 Å². The highest BCUT2D eigenvalue weighted by Crippen LogP contribution is 2.65. The zero-order valence-electron chi connectivity index (χ0n) is 13.1. The quantitative estimate of drug-likeness (QED) is 0.689. The van der Waals surface area contributed by atoms with Crippen molar-refractivity contribution >= 4 is 17.5 Å². The van der Waals surface area contributed by atoms with Gasteiger partial charge in [0.25, 0.3) is 0 Å². The maximum absolute atomic E-state index is 12.8. The van der Waals surface area contributed by atoms with Crippen molar-refractivity contribution in [1.29, 1.82) is 0 Å². The molecule has 3 fully saturated rings. The summed E-state index contributed by atoms with van der Waals surface area (Å²) in [6.07, 6.45) is 5.63. The molecule has 1 aromatic carbocycles. The van der Waals surface area contributed by atoms with Gasteiger partial charge in [-0.25, -0.2) is 0 Å². The number of anilines is 1. The van der Waals surface area contributed by atoms with Gasteiger partial charge in [-0.1, -0.05) is 24.3 Å². The third kappa shape index (κ3) is 1.78.